The van der Waals surface area contributed by atoms with Crippen LogP contribution in [0, 0.1) is 0 Å². The molecule has 2 atom stereocenters. The normalized spacial score (nSPS) is 13.0. The van der Waals surface area contributed by atoms with Crippen molar-refractivity contribution in [1.29, 1.82) is 0 Å². The molecular formula is C66H125NO3. The fraction of sp³-hybridized carbons (Fsp3) is 0.864. The van der Waals surface area contributed by atoms with E-state index < -0.39 is 12.1 Å². The zero-order valence-electron chi connectivity index (χ0n) is 47.6. The number of carbonyl (C=O) groups excluding carboxylic acids is 1. The second-order valence-corrected chi connectivity index (χ2v) is 21.8. The molecule has 4 heteroatoms. The molecule has 0 rings (SSSR count). The van der Waals surface area contributed by atoms with Crippen molar-refractivity contribution in [3.8, 4) is 0 Å². The maximum atomic E-state index is 12.5. The van der Waals surface area contributed by atoms with E-state index in [4.69, 9.17) is 0 Å². The van der Waals surface area contributed by atoms with Crippen molar-refractivity contribution in [2.45, 2.75) is 360 Å². The van der Waals surface area contributed by atoms with Gasteiger partial charge in [-0.15, -0.1) is 0 Å². The number of rotatable bonds is 59. The number of aliphatic hydroxyl groups is 2. The third kappa shape index (κ3) is 57.3. The maximum absolute atomic E-state index is 12.5. The topological polar surface area (TPSA) is 69.6 Å². The van der Waals surface area contributed by atoms with E-state index in [1.54, 1.807) is 0 Å². The summed E-state index contributed by atoms with van der Waals surface area (Å²) in [5.74, 6) is -0.0299. The number of unbranched alkanes of at least 4 members (excludes halogenated alkanes) is 44. The lowest BCUT2D eigenvalue weighted by Gasteiger charge is -2.22. The van der Waals surface area contributed by atoms with Crippen molar-refractivity contribution in [2.24, 2.45) is 0 Å². The third-order valence-electron chi connectivity index (χ3n) is 14.9. The monoisotopic (exact) mass is 980 g/mol. The van der Waals surface area contributed by atoms with E-state index in [1.807, 2.05) is 0 Å². The van der Waals surface area contributed by atoms with Crippen LogP contribution in [-0.2, 0) is 4.79 Å². The summed E-state index contributed by atoms with van der Waals surface area (Å²) in [5, 5.41) is 23.4. The van der Waals surface area contributed by atoms with E-state index in [0.29, 0.717) is 12.8 Å². The standard InChI is InChI=1S/C66H125NO3/c1-3-5-7-9-11-13-15-17-19-21-23-25-27-29-30-31-32-33-34-35-36-38-39-41-43-45-47-49-51-53-55-57-59-61-65(69)64(63-68)67-66(70)62-60-58-56-54-52-50-48-46-44-42-40-37-28-26-24-22-20-18-16-14-12-10-8-6-4-2/h6,8,12,14,18,20,24,26,64-65,68-69H,3-5,7,9-11,13,15-17,19,21-23,25,27-63H2,1-2H3,(H,67,70)/b8-6-,14-12-,20-18-,26-24-. The van der Waals surface area contributed by atoms with Crippen LogP contribution in [-0.4, -0.2) is 34.9 Å². The molecule has 0 radical (unpaired) electrons. The zero-order valence-corrected chi connectivity index (χ0v) is 47.6. The van der Waals surface area contributed by atoms with Gasteiger partial charge in [-0.1, -0.05) is 339 Å². The molecule has 70 heavy (non-hydrogen) atoms. The lowest BCUT2D eigenvalue weighted by Crippen LogP contribution is -2.45. The minimum atomic E-state index is -0.663. The van der Waals surface area contributed by atoms with Gasteiger partial charge in [-0.3, -0.25) is 4.79 Å². The largest absolute Gasteiger partial charge is 0.394 e. The van der Waals surface area contributed by atoms with Gasteiger partial charge in [-0.05, 0) is 51.4 Å². The predicted molar refractivity (Wildman–Crippen MR) is 313 cm³/mol. The van der Waals surface area contributed by atoms with Crippen LogP contribution >= 0.6 is 0 Å². The maximum Gasteiger partial charge on any atom is 0.220 e. The predicted octanol–water partition coefficient (Wildman–Crippen LogP) is 21.4. The van der Waals surface area contributed by atoms with Gasteiger partial charge < -0.3 is 15.5 Å². The van der Waals surface area contributed by atoms with Gasteiger partial charge >= 0.3 is 0 Å². The summed E-state index contributed by atoms with van der Waals surface area (Å²) in [6.45, 7) is 4.28. The molecule has 0 aromatic heterocycles. The Balaban J connectivity index is 3.41. The summed E-state index contributed by atoms with van der Waals surface area (Å²) in [7, 11) is 0. The number of nitrogens with one attached hydrogen (secondary N) is 1. The van der Waals surface area contributed by atoms with Crippen LogP contribution in [0.1, 0.15) is 348 Å². The van der Waals surface area contributed by atoms with Crippen molar-refractivity contribution in [1.82, 2.24) is 5.32 Å². The van der Waals surface area contributed by atoms with Crippen molar-refractivity contribution in [3.63, 3.8) is 0 Å². The summed E-state index contributed by atoms with van der Waals surface area (Å²) in [6.07, 6.45) is 85.7. The molecule has 0 saturated heterocycles. The highest BCUT2D eigenvalue weighted by Gasteiger charge is 2.20. The van der Waals surface area contributed by atoms with E-state index in [1.165, 1.54) is 270 Å². The van der Waals surface area contributed by atoms with E-state index in [0.717, 1.165) is 51.4 Å². The second kappa shape index (κ2) is 61.6. The summed E-state index contributed by atoms with van der Waals surface area (Å²) < 4.78 is 0. The molecule has 0 saturated carbocycles. The van der Waals surface area contributed by atoms with Crippen LogP contribution in [0.3, 0.4) is 0 Å². The number of carbonyl (C=O) groups is 1. The Morgan fingerprint density at radius 3 is 0.943 bits per heavy atom. The number of amides is 1. The summed E-state index contributed by atoms with van der Waals surface area (Å²) in [4.78, 5) is 12.5. The molecule has 2 unspecified atom stereocenters. The highest BCUT2D eigenvalue weighted by molar-refractivity contribution is 5.76. The Kier molecular flexibility index (Phi) is 60.2. The zero-order chi connectivity index (χ0) is 50.6. The Labute approximate surface area is 439 Å². The van der Waals surface area contributed by atoms with Crippen molar-refractivity contribution in [3.05, 3.63) is 48.6 Å². The molecule has 4 nitrogen and oxygen atoms in total. The Bertz CT molecular complexity index is 1110. The highest BCUT2D eigenvalue weighted by Crippen LogP contribution is 2.19. The van der Waals surface area contributed by atoms with Crippen LogP contribution in [0.5, 0.6) is 0 Å². The van der Waals surface area contributed by atoms with Gasteiger partial charge in [0.05, 0.1) is 18.8 Å². The molecule has 0 bridgehead atoms. The SMILES string of the molecule is CC/C=C\C/C=C\C/C=C\C/C=C\CCCCCCCCCCCCCCC(=O)NC(CO)C(O)CCCCCCCCCCCCCCCCCCCCCCCCCCCCCCCCCCC. The molecule has 0 spiro atoms. The molecule has 0 aliphatic heterocycles. The average molecular weight is 981 g/mol. The fourth-order valence-corrected chi connectivity index (χ4v) is 10.1. The van der Waals surface area contributed by atoms with Crippen LogP contribution in [0.2, 0.25) is 0 Å². The Hall–Kier alpha value is -1.65. The van der Waals surface area contributed by atoms with Gasteiger partial charge in [0.1, 0.15) is 0 Å². The average Bonchev–Trinajstić information content (AvgIpc) is 3.36. The summed E-state index contributed by atoms with van der Waals surface area (Å²) in [5.41, 5.74) is 0. The van der Waals surface area contributed by atoms with Gasteiger partial charge in [0.15, 0.2) is 0 Å². The molecule has 0 aliphatic rings. The van der Waals surface area contributed by atoms with E-state index in [-0.39, 0.29) is 12.5 Å². The van der Waals surface area contributed by atoms with Crippen molar-refractivity contribution < 1.29 is 15.0 Å². The molecule has 0 aromatic rings. The number of allylic oxidation sites excluding steroid dienone is 8. The fourth-order valence-electron chi connectivity index (χ4n) is 10.1. The van der Waals surface area contributed by atoms with Gasteiger partial charge in [0, 0.05) is 6.42 Å². The van der Waals surface area contributed by atoms with Crippen LogP contribution in [0.25, 0.3) is 0 Å². The van der Waals surface area contributed by atoms with Gasteiger partial charge in [-0.2, -0.15) is 0 Å². The first kappa shape index (κ1) is 68.4. The second-order valence-electron chi connectivity index (χ2n) is 21.8. The quantitative estimate of drug-likeness (QED) is 0.0420. The van der Waals surface area contributed by atoms with Crippen LogP contribution < -0.4 is 5.32 Å². The summed E-state index contributed by atoms with van der Waals surface area (Å²) >= 11 is 0. The molecule has 3 N–H and O–H groups in total. The molecule has 0 aromatic carbocycles. The van der Waals surface area contributed by atoms with E-state index in [9.17, 15) is 15.0 Å². The van der Waals surface area contributed by atoms with E-state index in [2.05, 4.69) is 67.8 Å². The number of hydrogen-bond acceptors (Lipinski definition) is 3. The van der Waals surface area contributed by atoms with Crippen molar-refractivity contribution >= 4 is 5.91 Å². The molecule has 0 aliphatic carbocycles. The van der Waals surface area contributed by atoms with E-state index >= 15 is 0 Å². The molecule has 1 amide bonds. The minimum Gasteiger partial charge on any atom is -0.394 e. The smallest absolute Gasteiger partial charge is 0.220 e. The Morgan fingerprint density at radius 2 is 0.629 bits per heavy atom. The van der Waals surface area contributed by atoms with Gasteiger partial charge in [0.25, 0.3) is 0 Å². The lowest BCUT2D eigenvalue weighted by atomic mass is 10.0. The first-order valence-corrected chi connectivity index (χ1v) is 31.8. The van der Waals surface area contributed by atoms with Crippen molar-refractivity contribution in [2.75, 3.05) is 6.61 Å². The summed E-state index contributed by atoms with van der Waals surface area (Å²) in [6, 6.07) is -0.540. The Morgan fingerprint density at radius 1 is 0.357 bits per heavy atom. The molecule has 0 heterocycles. The molecule has 0 fully saturated rings. The third-order valence-corrected chi connectivity index (χ3v) is 14.9. The molecule has 412 valence electrons. The van der Waals surface area contributed by atoms with Gasteiger partial charge in [-0.25, -0.2) is 0 Å². The van der Waals surface area contributed by atoms with Crippen LogP contribution in [0.4, 0.5) is 0 Å². The van der Waals surface area contributed by atoms with Gasteiger partial charge in [0.2, 0.25) is 5.91 Å². The highest BCUT2D eigenvalue weighted by atomic mass is 16.3. The molecular weight excluding hydrogens is 855 g/mol. The first-order chi connectivity index (χ1) is 34.7. The lowest BCUT2D eigenvalue weighted by molar-refractivity contribution is -0.123. The first-order valence-electron chi connectivity index (χ1n) is 31.8. The number of hydrogen-bond donors (Lipinski definition) is 3. The minimum absolute atomic E-state index is 0.0299. The van der Waals surface area contributed by atoms with Crippen LogP contribution in [0.15, 0.2) is 48.6 Å². The number of aliphatic hydroxyl groups excluding tert-OH is 2.